The van der Waals surface area contributed by atoms with Crippen LogP contribution in [0.25, 0.3) is 0 Å². The van der Waals surface area contributed by atoms with Crippen LogP contribution in [0.1, 0.15) is 29.2 Å². The van der Waals surface area contributed by atoms with Gasteiger partial charge >= 0.3 is 5.97 Å². The van der Waals surface area contributed by atoms with Crippen molar-refractivity contribution in [2.45, 2.75) is 24.3 Å². The predicted octanol–water partition coefficient (Wildman–Crippen LogP) is 2.87. The van der Waals surface area contributed by atoms with E-state index in [2.05, 4.69) is 15.9 Å². The van der Waals surface area contributed by atoms with Crippen LogP contribution in [0.5, 0.6) is 0 Å². The molecule has 0 heterocycles. The first-order valence-electron chi connectivity index (χ1n) is 5.25. The van der Waals surface area contributed by atoms with Crippen molar-refractivity contribution >= 4 is 33.5 Å². The Hall–Kier alpha value is -0.580. The van der Waals surface area contributed by atoms with Gasteiger partial charge in [-0.1, -0.05) is 34.1 Å². The fraction of sp³-hybridized carbons (Fsp3) is 0.417. The third-order valence-corrected chi connectivity index (χ3v) is 3.38. The summed E-state index contributed by atoms with van der Waals surface area (Å²) in [5, 5.41) is 19.0. The number of halogens is 2. The summed E-state index contributed by atoms with van der Waals surface area (Å²) in [5.41, 5.74) is 2.31. The van der Waals surface area contributed by atoms with Crippen LogP contribution < -0.4 is 0 Å². The standard InChI is InChI=1S/C12H14BrClO3/c13-7-10-8(4-2-6-14)3-1-5-9(10)11(15)12(16)17/h1,3,5,11,15H,2,4,6-7H2,(H,16,17). The second-order valence-corrected chi connectivity index (χ2v) is 4.59. The molecule has 17 heavy (non-hydrogen) atoms. The van der Waals surface area contributed by atoms with Crippen molar-refractivity contribution in [3.05, 3.63) is 34.9 Å². The predicted molar refractivity (Wildman–Crippen MR) is 70.7 cm³/mol. The first-order chi connectivity index (χ1) is 8.11. The van der Waals surface area contributed by atoms with Crippen LogP contribution >= 0.6 is 27.5 Å². The summed E-state index contributed by atoms with van der Waals surface area (Å²) in [4.78, 5) is 10.8. The molecule has 5 heteroatoms. The van der Waals surface area contributed by atoms with E-state index in [0.29, 0.717) is 16.8 Å². The van der Waals surface area contributed by atoms with Crippen LogP contribution in [0.2, 0.25) is 0 Å². The number of aliphatic carboxylic acids is 1. The molecule has 0 aliphatic carbocycles. The molecule has 0 saturated heterocycles. The SMILES string of the molecule is O=C(O)C(O)c1cccc(CCCCl)c1CBr. The molecule has 0 amide bonds. The zero-order valence-electron chi connectivity index (χ0n) is 9.20. The molecule has 0 spiro atoms. The third-order valence-electron chi connectivity index (χ3n) is 2.55. The molecule has 1 rings (SSSR count). The Morgan fingerprint density at radius 3 is 2.71 bits per heavy atom. The van der Waals surface area contributed by atoms with E-state index >= 15 is 0 Å². The second kappa shape index (κ2) is 6.99. The minimum Gasteiger partial charge on any atom is -0.479 e. The molecule has 3 nitrogen and oxygen atoms in total. The van der Waals surface area contributed by atoms with Gasteiger partial charge in [0, 0.05) is 11.2 Å². The van der Waals surface area contributed by atoms with Gasteiger partial charge in [-0.15, -0.1) is 11.6 Å². The average Bonchev–Trinajstić information content (AvgIpc) is 2.34. The van der Waals surface area contributed by atoms with Gasteiger partial charge in [0.1, 0.15) is 0 Å². The molecule has 1 atom stereocenters. The summed E-state index contributed by atoms with van der Waals surface area (Å²) in [6.45, 7) is 0. The summed E-state index contributed by atoms with van der Waals surface area (Å²) in [7, 11) is 0. The maximum Gasteiger partial charge on any atom is 0.337 e. The molecular formula is C12H14BrClO3. The van der Waals surface area contributed by atoms with Crippen LogP contribution in [0.3, 0.4) is 0 Å². The first-order valence-corrected chi connectivity index (χ1v) is 6.90. The van der Waals surface area contributed by atoms with Crippen molar-refractivity contribution in [3.63, 3.8) is 0 Å². The van der Waals surface area contributed by atoms with Gasteiger partial charge in [0.25, 0.3) is 0 Å². The van der Waals surface area contributed by atoms with Crippen LogP contribution in [-0.2, 0) is 16.5 Å². The molecule has 0 fully saturated rings. The van der Waals surface area contributed by atoms with Gasteiger partial charge in [-0.05, 0) is 29.5 Å². The largest absolute Gasteiger partial charge is 0.479 e. The number of carboxylic acid groups (broad SMARTS) is 1. The van der Waals surface area contributed by atoms with E-state index in [1.165, 1.54) is 0 Å². The summed E-state index contributed by atoms with van der Waals surface area (Å²) >= 11 is 8.98. The smallest absolute Gasteiger partial charge is 0.337 e. The first kappa shape index (κ1) is 14.5. The Labute approximate surface area is 114 Å². The highest BCUT2D eigenvalue weighted by Gasteiger charge is 2.20. The lowest BCUT2D eigenvalue weighted by molar-refractivity contribution is -0.147. The number of rotatable bonds is 6. The Bertz CT molecular complexity index is 395. The highest BCUT2D eigenvalue weighted by molar-refractivity contribution is 9.08. The minimum absolute atomic E-state index is 0.446. The number of aliphatic hydroxyl groups is 1. The number of benzene rings is 1. The summed E-state index contributed by atoms with van der Waals surface area (Å²) in [6.07, 6.45) is 0.136. The molecular weight excluding hydrogens is 307 g/mol. The molecule has 2 N–H and O–H groups in total. The van der Waals surface area contributed by atoms with Gasteiger partial charge in [0.15, 0.2) is 6.10 Å². The van der Waals surface area contributed by atoms with Crippen LogP contribution in [0.15, 0.2) is 18.2 Å². The average molecular weight is 322 g/mol. The fourth-order valence-electron chi connectivity index (χ4n) is 1.70. The van der Waals surface area contributed by atoms with Crippen LogP contribution in [0, 0.1) is 0 Å². The molecule has 0 aliphatic rings. The molecule has 0 bridgehead atoms. The van der Waals surface area contributed by atoms with E-state index < -0.39 is 12.1 Å². The summed E-state index contributed by atoms with van der Waals surface area (Å²) in [5.74, 6) is -0.672. The number of hydrogen-bond donors (Lipinski definition) is 2. The Kier molecular flexibility index (Phi) is 5.95. The van der Waals surface area contributed by atoms with Crippen LogP contribution in [-0.4, -0.2) is 22.1 Å². The van der Waals surface area contributed by atoms with Crippen molar-refractivity contribution in [2.75, 3.05) is 5.88 Å². The Balaban J connectivity index is 3.09. The molecule has 1 unspecified atom stereocenters. The molecule has 0 radical (unpaired) electrons. The molecule has 0 saturated carbocycles. The minimum atomic E-state index is -1.47. The molecule has 1 aromatic rings. The van der Waals surface area contributed by atoms with E-state index in [0.717, 1.165) is 24.0 Å². The summed E-state index contributed by atoms with van der Waals surface area (Å²) < 4.78 is 0. The van der Waals surface area contributed by atoms with Gasteiger partial charge in [0.05, 0.1) is 0 Å². The molecule has 1 aromatic carbocycles. The van der Waals surface area contributed by atoms with Gasteiger partial charge in [-0.3, -0.25) is 0 Å². The van der Waals surface area contributed by atoms with Gasteiger partial charge in [-0.25, -0.2) is 4.79 Å². The number of carboxylic acids is 1. The number of alkyl halides is 2. The quantitative estimate of drug-likeness (QED) is 0.792. The number of aryl methyl sites for hydroxylation is 1. The molecule has 0 aromatic heterocycles. The Morgan fingerprint density at radius 2 is 2.18 bits per heavy atom. The zero-order valence-corrected chi connectivity index (χ0v) is 11.5. The van der Waals surface area contributed by atoms with Crippen molar-refractivity contribution < 1.29 is 15.0 Å². The zero-order chi connectivity index (χ0) is 12.8. The molecule has 94 valence electrons. The monoisotopic (exact) mass is 320 g/mol. The van der Waals surface area contributed by atoms with E-state index in [-0.39, 0.29) is 0 Å². The summed E-state index contributed by atoms with van der Waals surface area (Å²) in [6, 6.07) is 5.33. The molecule has 0 aliphatic heterocycles. The van der Waals surface area contributed by atoms with E-state index in [1.807, 2.05) is 6.07 Å². The topological polar surface area (TPSA) is 57.5 Å². The van der Waals surface area contributed by atoms with Crippen LogP contribution in [0.4, 0.5) is 0 Å². The third kappa shape index (κ3) is 3.69. The van der Waals surface area contributed by atoms with E-state index in [9.17, 15) is 9.90 Å². The maximum atomic E-state index is 10.8. The van der Waals surface area contributed by atoms with Gasteiger partial charge in [0.2, 0.25) is 0 Å². The highest BCUT2D eigenvalue weighted by atomic mass is 79.9. The number of aliphatic hydroxyl groups excluding tert-OH is 1. The Morgan fingerprint density at radius 1 is 1.47 bits per heavy atom. The lowest BCUT2D eigenvalue weighted by Crippen LogP contribution is -2.13. The van der Waals surface area contributed by atoms with Crippen molar-refractivity contribution in [3.8, 4) is 0 Å². The lowest BCUT2D eigenvalue weighted by atomic mass is 9.96. The lowest BCUT2D eigenvalue weighted by Gasteiger charge is -2.14. The van der Waals surface area contributed by atoms with Crippen molar-refractivity contribution in [1.82, 2.24) is 0 Å². The number of hydrogen-bond acceptors (Lipinski definition) is 2. The normalized spacial score (nSPS) is 12.4. The van der Waals surface area contributed by atoms with Gasteiger partial charge < -0.3 is 10.2 Å². The fourth-order valence-corrected chi connectivity index (χ4v) is 2.52. The maximum absolute atomic E-state index is 10.8. The number of carbonyl (C=O) groups is 1. The highest BCUT2D eigenvalue weighted by Crippen LogP contribution is 2.25. The van der Waals surface area contributed by atoms with Gasteiger partial charge in [-0.2, -0.15) is 0 Å². The van der Waals surface area contributed by atoms with E-state index in [1.54, 1.807) is 12.1 Å². The van der Waals surface area contributed by atoms with Crippen molar-refractivity contribution in [1.29, 1.82) is 0 Å². The van der Waals surface area contributed by atoms with E-state index in [4.69, 9.17) is 16.7 Å². The second-order valence-electron chi connectivity index (χ2n) is 3.65. The van der Waals surface area contributed by atoms with Crippen molar-refractivity contribution in [2.24, 2.45) is 0 Å².